The minimum absolute atomic E-state index is 0.205. The van der Waals surface area contributed by atoms with Gasteiger partial charge in [0.1, 0.15) is 15.8 Å². The van der Waals surface area contributed by atoms with E-state index in [9.17, 15) is 18.0 Å². The van der Waals surface area contributed by atoms with Gasteiger partial charge >= 0.3 is 5.97 Å². The molecule has 0 aliphatic carbocycles. The minimum atomic E-state index is -4.20. The first-order valence-electron chi connectivity index (χ1n) is 8.76. The van der Waals surface area contributed by atoms with Crippen LogP contribution in [0.2, 0.25) is 0 Å². The Kier molecular flexibility index (Phi) is 6.76. The van der Waals surface area contributed by atoms with Crippen molar-refractivity contribution in [1.82, 2.24) is 4.90 Å². The molecule has 30 heavy (non-hydrogen) atoms. The third kappa shape index (κ3) is 5.36. The zero-order chi connectivity index (χ0) is 21.9. The van der Waals surface area contributed by atoms with Crippen LogP contribution in [0, 0.1) is 0 Å². The minimum Gasteiger partial charge on any atom is -0.462 e. The zero-order valence-electron chi connectivity index (χ0n) is 15.7. The lowest BCUT2D eigenvalue weighted by Crippen LogP contribution is -2.32. The van der Waals surface area contributed by atoms with Crippen molar-refractivity contribution in [2.75, 3.05) is 18.9 Å². The second-order valence-electron chi connectivity index (χ2n) is 6.12. The maximum atomic E-state index is 12.5. The van der Waals surface area contributed by atoms with E-state index in [-0.39, 0.29) is 15.8 Å². The van der Waals surface area contributed by atoms with Crippen LogP contribution in [-0.4, -0.2) is 53.0 Å². The molecule has 2 heterocycles. The average Bonchev–Trinajstić information content (AvgIpc) is 3.25. The maximum absolute atomic E-state index is 12.5. The van der Waals surface area contributed by atoms with Crippen LogP contribution >= 0.6 is 24.0 Å². The first-order chi connectivity index (χ1) is 14.2. The van der Waals surface area contributed by atoms with E-state index in [1.807, 2.05) is 0 Å². The molecule has 2 aromatic rings. The third-order valence-electron chi connectivity index (χ3n) is 4.03. The lowest BCUT2D eigenvalue weighted by atomic mass is 10.1. The molecule has 1 aliphatic rings. The van der Waals surface area contributed by atoms with Crippen LogP contribution in [0.15, 0.2) is 45.7 Å². The van der Waals surface area contributed by atoms with E-state index < -0.39 is 27.7 Å². The van der Waals surface area contributed by atoms with E-state index in [2.05, 4.69) is 0 Å². The van der Waals surface area contributed by atoms with Crippen molar-refractivity contribution in [2.45, 2.75) is 6.92 Å². The van der Waals surface area contributed by atoms with Crippen LogP contribution in [0.4, 0.5) is 0 Å². The molecule has 3 rings (SSSR count). The molecule has 0 unspecified atom stereocenters. The van der Waals surface area contributed by atoms with Crippen molar-refractivity contribution in [3.05, 3.63) is 52.6 Å². The summed E-state index contributed by atoms with van der Waals surface area (Å²) in [7, 11) is -4.20. The molecule has 1 amide bonds. The summed E-state index contributed by atoms with van der Waals surface area (Å²) in [5, 5.41) is 0. The van der Waals surface area contributed by atoms with Gasteiger partial charge in [-0.15, -0.1) is 0 Å². The molecular formula is C19H17NO7S3. The molecule has 0 bridgehead atoms. The molecule has 0 saturated carbocycles. The topological polar surface area (TPSA) is 114 Å². The summed E-state index contributed by atoms with van der Waals surface area (Å²) < 4.78 is 41.6. The second kappa shape index (κ2) is 9.13. The highest BCUT2D eigenvalue weighted by atomic mass is 32.2. The van der Waals surface area contributed by atoms with Gasteiger partial charge in [0, 0.05) is 18.2 Å². The van der Waals surface area contributed by atoms with Crippen LogP contribution in [0.3, 0.4) is 0 Å². The molecule has 1 N–H and O–H groups in total. The summed E-state index contributed by atoms with van der Waals surface area (Å²) >= 11 is 6.14. The van der Waals surface area contributed by atoms with Crippen molar-refractivity contribution in [1.29, 1.82) is 0 Å². The van der Waals surface area contributed by atoms with Crippen LogP contribution in [0.5, 0.6) is 0 Å². The number of hydrogen-bond donors (Lipinski definition) is 1. The summed E-state index contributed by atoms with van der Waals surface area (Å²) in [4.78, 5) is 25.6. The van der Waals surface area contributed by atoms with Gasteiger partial charge in [-0.25, -0.2) is 4.79 Å². The summed E-state index contributed by atoms with van der Waals surface area (Å²) in [5.74, 6) is -0.502. The molecule has 1 saturated heterocycles. The fourth-order valence-corrected chi connectivity index (χ4v) is 4.30. The number of benzene rings is 1. The Morgan fingerprint density at radius 2 is 1.97 bits per heavy atom. The maximum Gasteiger partial charge on any atom is 0.338 e. The Hall–Kier alpha value is -2.47. The lowest BCUT2D eigenvalue weighted by Gasteiger charge is -2.12. The Labute approximate surface area is 182 Å². The van der Waals surface area contributed by atoms with Gasteiger partial charge in [0.2, 0.25) is 0 Å². The molecule has 1 fully saturated rings. The molecule has 1 aliphatic heterocycles. The van der Waals surface area contributed by atoms with Gasteiger partial charge in [-0.05, 0) is 31.2 Å². The monoisotopic (exact) mass is 467 g/mol. The van der Waals surface area contributed by atoms with Crippen molar-refractivity contribution in [3.8, 4) is 11.3 Å². The number of carbonyl (C=O) groups excluding carboxylic acids is 2. The standard InChI is InChI=1S/C19H17NO7S3/c1-2-26-18(22)13-5-3-12(4-6-13)15-8-7-14(27-15)11-16-17(21)20(19(28)29-16)9-10-30(23,24)25/h3-8,11H,2,9-10H2,1H3,(H,23,24,25). The second-order valence-corrected chi connectivity index (χ2v) is 9.37. The van der Waals surface area contributed by atoms with E-state index in [0.717, 1.165) is 22.2 Å². The van der Waals surface area contributed by atoms with E-state index in [0.29, 0.717) is 23.7 Å². The molecule has 0 spiro atoms. The Balaban J connectivity index is 1.73. The molecular weight excluding hydrogens is 450 g/mol. The van der Waals surface area contributed by atoms with Gasteiger partial charge in [-0.1, -0.05) is 36.1 Å². The van der Waals surface area contributed by atoms with Gasteiger partial charge in [0.25, 0.3) is 16.0 Å². The van der Waals surface area contributed by atoms with Gasteiger partial charge in [0.05, 0.1) is 22.8 Å². The van der Waals surface area contributed by atoms with Crippen LogP contribution in [-0.2, 0) is 19.6 Å². The third-order valence-corrected chi connectivity index (χ3v) is 6.10. The highest BCUT2D eigenvalue weighted by molar-refractivity contribution is 8.26. The fraction of sp³-hybridized carbons (Fsp3) is 0.211. The quantitative estimate of drug-likeness (QED) is 0.284. The molecule has 1 aromatic carbocycles. The summed E-state index contributed by atoms with van der Waals surface area (Å²) in [5.41, 5.74) is 1.17. The Morgan fingerprint density at radius 1 is 1.27 bits per heavy atom. The number of amides is 1. The number of carbonyl (C=O) groups is 2. The molecule has 0 radical (unpaired) electrons. The number of nitrogens with zero attached hydrogens (tertiary/aromatic N) is 1. The predicted octanol–water partition coefficient (Wildman–Crippen LogP) is 3.21. The number of thioether (sulfide) groups is 1. The average molecular weight is 468 g/mol. The molecule has 0 atom stereocenters. The van der Waals surface area contributed by atoms with E-state index in [1.54, 1.807) is 43.3 Å². The number of rotatable bonds is 7. The van der Waals surface area contributed by atoms with Gasteiger partial charge in [-0.2, -0.15) is 8.42 Å². The lowest BCUT2D eigenvalue weighted by molar-refractivity contribution is -0.121. The van der Waals surface area contributed by atoms with Crippen molar-refractivity contribution < 1.29 is 31.7 Å². The first-order valence-corrected chi connectivity index (χ1v) is 11.6. The van der Waals surface area contributed by atoms with Gasteiger partial charge in [-0.3, -0.25) is 14.2 Å². The smallest absolute Gasteiger partial charge is 0.338 e. The summed E-state index contributed by atoms with van der Waals surface area (Å²) in [6.07, 6.45) is 1.52. The summed E-state index contributed by atoms with van der Waals surface area (Å²) in [6, 6.07) is 10.1. The molecule has 158 valence electrons. The fourth-order valence-electron chi connectivity index (χ4n) is 2.60. The van der Waals surface area contributed by atoms with Gasteiger partial charge < -0.3 is 9.15 Å². The number of furan rings is 1. The van der Waals surface area contributed by atoms with Crippen molar-refractivity contribution in [2.24, 2.45) is 0 Å². The van der Waals surface area contributed by atoms with Gasteiger partial charge in [0.15, 0.2) is 0 Å². The normalized spacial score (nSPS) is 15.8. The largest absolute Gasteiger partial charge is 0.462 e. The number of esters is 1. The first kappa shape index (κ1) is 22.2. The SMILES string of the molecule is CCOC(=O)c1ccc(-c2ccc(C=C3SC(=S)N(CCS(=O)(=O)O)C3=O)o2)cc1. The predicted molar refractivity (Wildman–Crippen MR) is 116 cm³/mol. The van der Waals surface area contributed by atoms with Crippen LogP contribution < -0.4 is 0 Å². The number of thiocarbonyl (C=S) groups is 1. The summed E-state index contributed by atoms with van der Waals surface area (Å²) in [6.45, 7) is 1.81. The van der Waals surface area contributed by atoms with Crippen molar-refractivity contribution >= 4 is 56.4 Å². The number of ether oxygens (including phenoxy) is 1. The van der Waals surface area contributed by atoms with Crippen molar-refractivity contribution in [3.63, 3.8) is 0 Å². The molecule has 1 aromatic heterocycles. The van der Waals surface area contributed by atoms with E-state index in [1.165, 1.54) is 6.08 Å². The van der Waals surface area contributed by atoms with Crippen LogP contribution in [0.25, 0.3) is 17.4 Å². The zero-order valence-corrected chi connectivity index (χ0v) is 18.2. The van der Waals surface area contributed by atoms with Crippen LogP contribution in [0.1, 0.15) is 23.0 Å². The highest BCUT2D eigenvalue weighted by Gasteiger charge is 2.32. The Bertz CT molecular complexity index is 1120. The molecule has 11 heteroatoms. The highest BCUT2D eigenvalue weighted by Crippen LogP contribution is 2.33. The van der Waals surface area contributed by atoms with E-state index >= 15 is 0 Å². The molecule has 8 nitrogen and oxygen atoms in total. The van der Waals surface area contributed by atoms with E-state index in [4.69, 9.17) is 25.9 Å². The Morgan fingerprint density at radius 3 is 2.60 bits per heavy atom. The number of hydrogen-bond acceptors (Lipinski definition) is 8.